The number of rotatable bonds is 3. The van der Waals surface area contributed by atoms with Crippen LogP contribution in [-0.4, -0.2) is 9.38 Å². The molecule has 3 nitrogen and oxygen atoms in total. The van der Waals surface area contributed by atoms with Crippen molar-refractivity contribution in [2.75, 3.05) is 0 Å². The van der Waals surface area contributed by atoms with Gasteiger partial charge in [0.2, 0.25) is 0 Å². The fourth-order valence-electron chi connectivity index (χ4n) is 2.49. The monoisotopic (exact) mass is 354 g/mol. The minimum Gasteiger partial charge on any atom is -0.485 e. The number of pyridine rings is 1. The topological polar surface area (TPSA) is 26.5 Å². The van der Waals surface area contributed by atoms with E-state index in [9.17, 15) is 8.78 Å². The lowest BCUT2D eigenvalue weighted by atomic mass is 9.98. The van der Waals surface area contributed by atoms with Crippen molar-refractivity contribution in [2.45, 2.75) is 34.3 Å². The van der Waals surface area contributed by atoms with E-state index in [1.54, 1.807) is 12.1 Å². The smallest absolute Gasteiger partial charge is 0.180 e. The summed E-state index contributed by atoms with van der Waals surface area (Å²) in [6, 6.07) is 7.27. The van der Waals surface area contributed by atoms with Crippen molar-refractivity contribution < 1.29 is 13.5 Å². The molecule has 0 aliphatic carbocycles. The summed E-state index contributed by atoms with van der Waals surface area (Å²) in [5.41, 5.74) is 1.88. The first kappa shape index (κ1) is 17.9. The Hall–Kier alpha value is -2.87. The first-order chi connectivity index (χ1) is 12.3. The van der Waals surface area contributed by atoms with Crippen LogP contribution in [0.3, 0.4) is 0 Å². The number of hydrogen-bond acceptors (Lipinski definition) is 2. The SMILES string of the molecule is Cc1nc2c(OCc3c(F)cccc3F)cccn2c1C#CC(C)(C)C. The highest BCUT2D eigenvalue weighted by atomic mass is 19.1. The van der Waals surface area contributed by atoms with E-state index in [1.807, 2.05) is 38.3 Å². The summed E-state index contributed by atoms with van der Waals surface area (Å²) >= 11 is 0. The van der Waals surface area contributed by atoms with Crippen LogP contribution < -0.4 is 4.74 Å². The van der Waals surface area contributed by atoms with Gasteiger partial charge in [-0.1, -0.05) is 12.0 Å². The summed E-state index contributed by atoms with van der Waals surface area (Å²) < 4.78 is 35.1. The van der Waals surface area contributed by atoms with Gasteiger partial charge >= 0.3 is 0 Å². The Labute approximate surface area is 151 Å². The number of hydrogen-bond donors (Lipinski definition) is 0. The van der Waals surface area contributed by atoms with Crippen LogP contribution in [0.4, 0.5) is 8.78 Å². The predicted molar refractivity (Wildman–Crippen MR) is 97.0 cm³/mol. The second kappa shape index (κ2) is 6.80. The highest BCUT2D eigenvalue weighted by Crippen LogP contribution is 2.24. The van der Waals surface area contributed by atoms with Crippen LogP contribution in [0.1, 0.15) is 37.7 Å². The van der Waals surface area contributed by atoms with Crippen molar-refractivity contribution in [3.8, 4) is 17.6 Å². The molecular weight excluding hydrogens is 334 g/mol. The lowest BCUT2D eigenvalue weighted by molar-refractivity contribution is 0.294. The molecule has 0 fully saturated rings. The Morgan fingerprint density at radius 1 is 1.12 bits per heavy atom. The molecule has 0 aliphatic rings. The standard InChI is InChI=1S/C21H20F2N2O/c1-14-18(10-11-21(2,3)4)25-12-6-9-19(20(25)24-14)26-13-15-16(22)7-5-8-17(15)23/h5-9,12H,13H2,1-4H3. The van der Waals surface area contributed by atoms with Gasteiger partial charge in [0, 0.05) is 11.6 Å². The molecular formula is C21H20F2N2O. The number of halogens is 2. The Morgan fingerprint density at radius 3 is 2.46 bits per heavy atom. The van der Waals surface area contributed by atoms with Crippen LogP contribution in [0.5, 0.6) is 5.75 Å². The Kier molecular flexibility index (Phi) is 4.69. The van der Waals surface area contributed by atoms with E-state index in [0.29, 0.717) is 11.4 Å². The van der Waals surface area contributed by atoms with Gasteiger partial charge in [-0.05, 0) is 57.9 Å². The molecule has 3 rings (SSSR count). The number of ether oxygens (including phenoxy) is 1. The number of aryl methyl sites for hydroxylation is 1. The van der Waals surface area contributed by atoms with Gasteiger partial charge in [0.15, 0.2) is 11.4 Å². The molecule has 5 heteroatoms. The molecule has 134 valence electrons. The van der Waals surface area contributed by atoms with E-state index >= 15 is 0 Å². The fraction of sp³-hybridized carbons (Fsp3) is 0.286. The van der Waals surface area contributed by atoms with Gasteiger partial charge in [-0.3, -0.25) is 4.40 Å². The summed E-state index contributed by atoms with van der Waals surface area (Å²) in [4.78, 5) is 4.52. The molecule has 2 heterocycles. The van der Waals surface area contributed by atoms with Crippen molar-refractivity contribution in [1.82, 2.24) is 9.38 Å². The van der Waals surface area contributed by atoms with Crippen LogP contribution in [0, 0.1) is 35.8 Å². The molecule has 0 unspecified atom stereocenters. The molecule has 0 N–H and O–H groups in total. The van der Waals surface area contributed by atoms with Gasteiger partial charge in [0.25, 0.3) is 0 Å². The summed E-state index contributed by atoms with van der Waals surface area (Å²) in [5.74, 6) is 5.55. The van der Waals surface area contributed by atoms with Crippen LogP contribution in [-0.2, 0) is 6.61 Å². The molecule has 0 spiro atoms. The van der Waals surface area contributed by atoms with E-state index in [-0.39, 0.29) is 17.6 Å². The van der Waals surface area contributed by atoms with Crippen LogP contribution >= 0.6 is 0 Å². The zero-order chi connectivity index (χ0) is 18.9. The molecule has 0 radical (unpaired) electrons. The van der Waals surface area contributed by atoms with Gasteiger partial charge in [-0.2, -0.15) is 0 Å². The summed E-state index contributed by atoms with van der Waals surface area (Å²) in [6.45, 7) is 7.77. The van der Waals surface area contributed by atoms with Crippen LogP contribution in [0.15, 0.2) is 36.5 Å². The summed E-state index contributed by atoms with van der Waals surface area (Å²) in [6.07, 6.45) is 1.85. The third-order valence-corrected chi connectivity index (χ3v) is 3.78. The average molecular weight is 354 g/mol. The number of fused-ring (bicyclic) bond motifs is 1. The maximum atomic E-state index is 13.8. The van der Waals surface area contributed by atoms with E-state index < -0.39 is 11.6 Å². The Bertz CT molecular complexity index is 1000. The second-order valence-corrected chi connectivity index (χ2v) is 7.10. The first-order valence-electron chi connectivity index (χ1n) is 8.33. The van der Waals surface area contributed by atoms with Gasteiger partial charge in [0.05, 0.1) is 11.3 Å². The lowest BCUT2D eigenvalue weighted by Gasteiger charge is -2.09. The summed E-state index contributed by atoms with van der Waals surface area (Å²) in [7, 11) is 0. The molecule has 0 atom stereocenters. The van der Waals surface area contributed by atoms with E-state index in [4.69, 9.17) is 4.74 Å². The van der Waals surface area contributed by atoms with Crippen molar-refractivity contribution in [2.24, 2.45) is 5.41 Å². The number of nitrogens with zero attached hydrogens (tertiary/aromatic N) is 2. The Morgan fingerprint density at radius 2 is 1.81 bits per heavy atom. The maximum Gasteiger partial charge on any atom is 0.180 e. The van der Waals surface area contributed by atoms with E-state index in [1.165, 1.54) is 18.2 Å². The molecule has 0 aliphatic heterocycles. The molecule has 3 aromatic rings. The van der Waals surface area contributed by atoms with Crippen LogP contribution in [0.25, 0.3) is 5.65 Å². The molecule has 0 amide bonds. The normalized spacial score (nSPS) is 11.3. The highest BCUT2D eigenvalue weighted by Gasteiger charge is 2.14. The minimum absolute atomic E-state index is 0.106. The average Bonchev–Trinajstić information content (AvgIpc) is 2.88. The van der Waals surface area contributed by atoms with Gasteiger partial charge in [-0.15, -0.1) is 0 Å². The summed E-state index contributed by atoms with van der Waals surface area (Å²) in [5, 5.41) is 0. The first-order valence-corrected chi connectivity index (χ1v) is 8.33. The predicted octanol–water partition coefficient (Wildman–Crippen LogP) is 4.90. The molecule has 0 saturated heterocycles. The number of imidazole rings is 1. The molecule has 2 aromatic heterocycles. The van der Waals surface area contributed by atoms with Crippen molar-refractivity contribution in [3.05, 3.63) is 65.1 Å². The largest absolute Gasteiger partial charge is 0.485 e. The molecule has 0 bridgehead atoms. The van der Waals surface area contributed by atoms with E-state index in [2.05, 4.69) is 16.8 Å². The van der Waals surface area contributed by atoms with Gasteiger partial charge in [0.1, 0.15) is 23.9 Å². The van der Waals surface area contributed by atoms with Gasteiger partial charge in [-0.25, -0.2) is 13.8 Å². The van der Waals surface area contributed by atoms with Crippen molar-refractivity contribution >= 4 is 5.65 Å². The van der Waals surface area contributed by atoms with Crippen molar-refractivity contribution in [1.29, 1.82) is 0 Å². The third kappa shape index (κ3) is 3.70. The quantitative estimate of drug-likeness (QED) is 0.626. The minimum atomic E-state index is -0.631. The number of benzene rings is 1. The van der Waals surface area contributed by atoms with E-state index in [0.717, 1.165) is 11.4 Å². The highest BCUT2D eigenvalue weighted by molar-refractivity contribution is 5.58. The fourth-order valence-corrected chi connectivity index (χ4v) is 2.49. The van der Waals surface area contributed by atoms with Crippen molar-refractivity contribution in [3.63, 3.8) is 0 Å². The van der Waals surface area contributed by atoms with Gasteiger partial charge < -0.3 is 4.74 Å². The Balaban J connectivity index is 1.97. The maximum absolute atomic E-state index is 13.8. The second-order valence-electron chi connectivity index (χ2n) is 7.10. The molecule has 1 aromatic carbocycles. The number of aromatic nitrogens is 2. The molecule has 26 heavy (non-hydrogen) atoms. The third-order valence-electron chi connectivity index (χ3n) is 3.78. The lowest BCUT2D eigenvalue weighted by Crippen LogP contribution is -2.03. The molecule has 0 saturated carbocycles. The van der Waals surface area contributed by atoms with Crippen LogP contribution in [0.2, 0.25) is 0 Å². The zero-order valence-corrected chi connectivity index (χ0v) is 15.2. The zero-order valence-electron chi connectivity index (χ0n) is 15.2.